The summed E-state index contributed by atoms with van der Waals surface area (Å²) in [5.74, 6) is -0.611. The molecule has 8 heteroatoms. The van der Waals surface area contributed by atoms with Gasteiger partial charge in [0, 0.05) is 17.4 Å². The first kappa shape index (κ1) is 20.5. The highest BCUT2D eigenvalue weighted by atomic mass is 19.1. The van der Waals surface area contributed by atoms with Crippen molar-refractivity contribution in [2.24, 2.45) is 0 Å². The lowest BCUT2D eigenvalue weighted by molar-refractivity contribution is -0.130. The topological polar surface area (TPSA) is 88.3 Å². The van der Waals surface area contributed by atoms with Gasteiger partial charge < -0.3 is 14.6 Å². The van der Waals surface area contributed by atoms with E-state index in [1.165, 1.54) is 4.90 Å². The summed E-state index contributed by atoms with van der Waals surface area (Å²) in [5, 5.41) is 10.9. The van der Waals surface area contributed by atoms with Crippen LogP contribution in [0.5, 0.6) is 0 Å². The van der Waals surface area contributed by atoms with Crippen LogP contribution in [0.2, 0.25) is 0 Å². The summed E-state index contributed by atoms with van der Waals surface area (Å²) in [6.45, 7) is 11.6. The van der Waals surface area contributed by atoms with Crippen LogP contribution in [0.4, 0.5) is 4.39 Å². The van der Waals surface area contributed by atoms with E-state index in [-0.39, 0.29) is 42.3 Å². The number of alkyl halides is 1. The van der Waals surface area contributed by atoms with Gasteiger partial charge in [0.15, 0.2) is 0 Å². The lowest BCUT2D eigenvalue weighted by Crippen LogP contribution is -2.48. The third-order valence-corrected chi connectivity index (χ3v) is 4.74. The van der Waals surface area contributed by atoms with Gasteiger partial charge in [0.25, 0.3) is 5.89 Å². The molecule has 146 valence electrons. The summed E-state index contributed by atoms with van der Waals surface area (Å²) in [6.07, 6.45) is -0.520. The number of amides is 1. The second-order valence-corrected chi connectivity index (χ2v) is 8.51. The minimum atomic E-state index is -1.24. The van der Waals surface area contributed by atoms with Gasteiger partial charge in [0.2, 0.25) is 17.6 Å². The predicted molar refractivity (Wildman–Crippen MR) is 94.7 cm³/mol. The Morgan fingerprint density at radius 3 is 2.50 bits per heavy atom. The molecule has 0 saturated carbocycles. The van der Waals surface area contributed by atoms with Crippen molar-refractivity contribution in [2.45, 2.75) is 77.6 Å². The van der Waals surface area contributed by atoms with E-state index in [2.05, 4.69) is 15.5 Å². The average Bonchev–Trinajstić information content (AvgIpc) is 3.18. The molecule has 1 saturated heterocycles. The molecule has 0 spiro atoms. The number of nitrogens with one attached hydrogen (secondary N) is 1. The summed E-state index contributed by atoms with van der Waals surface area (Å²) in [4.78, 5) is 26.5. The number of aromatic nitrogens is 2. The molecule has 7 nitrogen and oxygen atoms in total. The number of carbonyl (C=O) groups excluding carboxylic acids is 2. The maximum Gasteiger partial charge on any atom is 0.286 e. The number of halogens is 1. The Morgan fingerprint density at radius 2 is 1.92 bits per heavy atom. The minimum absolute atomic E-state index is 0.0396. The van der Waals surface area contributed by atoms with Gasteiger partial charge in [-0.2, -0.15) is 0 Å². The number of carbonyl (C=O) groups is 2. The highest BCUT2D eigenvalue weighted by Crippen LogP contribution is 2.27. The third-order valence-electron chi connectivity index (χ3n) is 4.74. The summed E-state index contributed by atoms with van der Waals surface area (Å²) in [7, 11) is 0. The zero-order valence-corrected chi connectivity index (χ0v) is 16.4. The largest absolute Gasteiger partial charge is 0.418 e. The Labute approximate surface area is 153 Å². The molecule has 1 aliphatic rings. The maximum atomic E-state index is 14.0. The second kappa shape index (κ2) is 7.42. The van der Waals surface area contributed by atoms with Crippen molar-refractivity contribution in [1.29, 1.82) is 0 Å². The molecule has 1 fully saturated rings. The molecule has 2 atom stereocenters. The molecule has 0 bridgehead atoms. The van der Waals surface area contributed by atoms with E-state index < -0.39 is 18.0 Å². The summed E-state index contributed by atoms with van der Waals surface area (Å²) < 4.78 is 19.5. The van der Waals surface area contributed by atoms with Crippen LogP contribution in [0, 0.1) is 0 Å². The molecule has 0 aromatic carbocycles. The van der Waals surface area contributed by atoms with E-state index in [0.29, 0.717) is 5.89 Å². The maximum absolute atomic E-state index is 14.0. The molecule has 0 aliphatic carbocycles. The van der Waals surface area contributed by atoms with Crippen LogP contribution in [0.1, 0.15) is 71.0 Å². The second-order valence-electron chi connectivity index (χ2n) is 8.51. The first-order chi connectivity index (χ1) is 11.9. The van der Waals surface area contributed by atoms with Crippen LogP contribution in [-0.4, -0.2) is 57.6 Å². The van der Waals surface area contributed by atoms with Crippen LogP contribution >= 0.6 is 0 Å². The number of hydrogen-bond acceptors (Lipinski definition) is 6. The molecule has 1 amide bonds. The molecular formula is C18H29FN4O3. The molecule has 1 N–H and O–H groups in total. The normalized spacial score (nSPS) is 21.3. The lowest BCUT2D eigenvalue weighted by atomic mass is 9.90. The van der Waals surface area contributed by atoms with Gasteiger partial charge in [-0.3, -0.25) is 9.59 Å². The Bertz CT molecular complexity index is 666. The van der Waals surface area contributed by atoms with E-state index in [1.54, 1.807) is 0 Å². The van der Waals surface area contributed by atoms with Crippen LogP contribution in [0.25, 0.3) is 0 Å². The molecule has 1 aliphatic heterocycles. The molecule has 0 radical (unpaired) electrons. The predicted octanol–water partition coefficient (Wildman–Crippen LogP) is 2.27. The highest BCUT2D eigenvalue weighted by molar-refractivity contribution is 5.99. The number of Topliss-reactive ketones (excluding diaryl/α,β-unsaturated/α-hetero) is 1. The number of ketones is 1. The van der Waals surface area contributed by atoms with Crippen LogP contribution in [0.15, 0.2) is 4.42 Å². The first-order valence-corrected chi connectivity index (χ1v) is 9.01. The average molecular weight is 368 g/mol. The molecule has 2 heterocycles. The van der Waals surface area contributed by atoms with E-state index in [1.807, 2.05) is 41.5 Å². The Kier molecular flexibility index (Phi) is 5.85. The molecular weight excluding hydrogens is 339 g/mol. The monoisotopic (exact) mass is 368 g/mol. The fraction of sp³-hybridized carbons (Fsp3) is 0.778. The summed E-state index contributed by atoms with van der Waals surface area (Å²) >= 11 is 0. The highest BCUT2D eigenvalue weighted by Gasteiger charge is 2.42. The Hall–Kier alpha value is -1.83. The van der Waals surface area contributed by atoms with Gasteiger partial charge in [0.05, 0.1) is 13.1 Å². The van der Waals surface area contributed by atoms with Crippen molar-refractivity contribution in [3.63, 3.8) is 0 Å². The van der Waals surface area contributed by atoms with Crippen molar-refractivity contribution in [1.82, 2.24) is 20.4 Å². The van der Waals surface area contributed by atoms with Gasteiger partial charge in [-0.25, -0.2) is 4.39 Å². The van der Waals surface area contributed by atoms with Gasteiger partial charge in [-0.05, 0) is 27.2 Å². The smallest absolute Gasteiger partial charge is 0.286 e. The van der Waals surface area contributed by atoms with Gasteiger partial charge in [0.1, 0.15) is 12.2 Å². The van der Waals surface area contributed by atoms with Crippen molar-refractivity contribution in [3.8, 4) is 0 Å². The minimum Gasteiger partial charge on any atom is -0.418 e. The van der Waals surface area contributed by atoms with Gasteiger partial charge >= 0.3 is 0 Å². The van der Waals surface area contributed by atoms with Crippen LogP contribution in [0.3, 0.4) is 0 Å². The zero-order chi connectivity index (χ0) is 19.7. The summed E-state index contributed by atoms with van der Waals surface area (Å²) in [6, 6.07) is -0.905. The molecule has 1 aromatic heterocycles. The molecule has 1 aromatic rings. The van der Waals surface area contributed by atoms with Gasteiger partial charge in [-0.1, -0.05) is 20.8 Å². The van der Waals surface area contributed by atoms with E-state index in [9.17, 15) is 14.0 Å². The van der Waals surface area contributed by atoms with E-state index >= 15 is 0 Å². The van der Waals surface area contributed by atoms with Crippen molar-refractivity contribution in [2.75, 3.05) is 13.1 Å². The number of hydrogen-bond donors (Lipinski definition) is 1. The SMILES string of the molecule is CCC(C)(C)c1nnc(C(=O)C2C[C@H](F)CN2C(=O)CNC(C)(C)C)o1. The third kappa shape index (κ3) is 4.66. The van der Waals surface area contributed by atoms with Crippen molar-refractivity contribution < 1.29 is 18.4 Å². The summed E-state index contributed by atoms with van der Waals surface area (Å²) in [5.41, 5.74) is -0.604. The fourth-order valence-electron chi connectivity index (χ4n) is 2.64. The standard InChI is InChI=1S/C18H29FN4O3/c1-7-18(5,6)16-22-21-15(26-16)14(25)12-8-11(19)10-23(12)13(24)9-20-17(2,3)4/h11-12,20H,7-10H2,1-6H3/t11-,12?/m0/s1. The first-order valence-electron chi connectivity index (χ1n) is 9.01. The van der Waals surface area contributed by atoms with Crippen molar-refractivity contribution in [3.05, 3.63) is 11.8 Å². The number of rotatable bonds is 6. The molecule has 1 unspecified atom stereocenters. The quantitative estimate of drug-likeness (QED) is 0.775. The fourth-order valence-corrected chi connectivity index (χ4v) is 2.64. The number of likely N-dealkylation sites (tertiary alicyclic amines) is 1. The Morgan fingerprint density at radius 1 is 1.27 bits per heavy atom. The molecule has 2 rings (SSSR count). The van der Waals surface area contributed by atoms with Gasteiger partial charge in [-0.15, -0.1) is 10.2 Å². The zero-order valence-electron chi connectivity index (χ0n) is 16.4. The lowest BCUT2D eigenvalue weighted by Gasteiger charge is -2.26. The van der Waals surface area contributed by atoms with Crippen molar-refractivity contribution >= 4 is 11.7 Å². The number of nitrogens with zero attached hydrogens (tertiary/aromatic N) is 3. The van der Waals surface area contributed by atoms with Crippen LogP contribution < -0.4 is 5.32 Å². The van der Waals surface area contributed by atoms with E-state index in [0.717, 1.165) is 6.42 Å². The Balaban J connectivity index is 2.14. The van der Waals surface area contributed by atoms with E-state index in [4.69, 9.17) is 4.42 Å². The van der Waals surface area contributed by atoms with Crippen LogP contribution in [-0.2, 0) is 10.2 Å². The molecule has 26 heavy (non-hydrogen) atoms.